The molecule has 3 saturated carbocycles. The number of carbonyl (C=O) groups excluding carboxylic acids is 3. The van der Waals surface area contributed by atoms with E-state index in [9.17, 15) is 14.4 Å². The zero-order valence-corrected chi connectivity index (χ0v) is 49.4. The van der Waals surface area contributed by atoms with Gasteiger partial charge in [0.25, 0.3) is 17.7 Å². The first kappa shape index (κ1) is 62.6. The van der Waals surface area contributed by atoms with Crippen molar-refractivity contribution in [3.05, 3.63) is 162 Å². The number of rotatable bonds is 27. The van der Waals surface area contributed by atoms with Gasteiger partial charge in [-0.05, 0) is 90.1 Å². The van der Waals surface area contributed by atoms with Crippen LogP contribution in [0.3, 0.4) is 0 Å². The highest BCUT2D eigenvalue weighted by Crippen LogP contribution is 2.61. The van der Waals surface area contributed by atoms with Gasteiger partial charge >= 0.3 is 7.82 Å². The normalized spacial score (nSPS) is 18.5. The maximum absolute atomic E-state index is 16.5. The molecule has 440 valence electrons. The van der Waals surface area contributed by atoms with E-state index >= 15 is 17.7 Å². The minimum Gasteiger partial charge on any atom is -0.345 e. The smallest absolute Gasteiger partial charge is 0.345 e. The highest BCUT2D eigenvalue weighted by Gasteiger charge is 2.47. The molecule has 6 unspecified atom stereocenters. The average molecular weight is 1280 g/mol. The number of hydrogen-bond donors (Lipinski definition) is 6. The quantitative estimate of drug-likeness (QED) is 0.0208. The van der Waals surface area contributed by atoms with Gasteiger partial charge in [-0.3, -0.25) is 42.9 Å². The van der Waals surface area contributed by atoms with Gasteiger partial charge in [-0.2, -0.15) is 0 Å². The molecule has 3 fully saturated rings. The highest BCUT2D eigenvalue weighted by atomic mass is 35.5. The van der Waals surface area contributed by atoms with Crippen molar-refractivity contribution in [1.29, 1.82) is 0 Å². The molecule has 0 saturated heterocycles. The third-order valence-corrected chi connectivity index (χ3v) is 17.5. The van der Waals surface area contributed by atoms with Crippen LogP contribution in [0.1, 0.15) is 90.6 Å². The van der Waals surface area contributed by atoms with E-state index in [2.05, 4.69) is 30.9 Å². The number of hydrogen-bond acceptors (Lipinski definition) is 13. The van der Waals surface area contributed by atoms with Gasteiger partial charge in [0.05, 0.1) is 51.8 Å². The molecule has 83 heavy (non-hydrogen) atoms. The van der Waals surface area contributed by atoms with Crippen LogP contribution in [0.15, 0.2) is 128 Å². The van der Waals surface area contributed by atoms with Gasteiger partial charge in [-0.15, -0.1) is 0 Å². The fraction of sp³-hybridized carbons (Fsp3) is 0.368. The Hall–Kier alpha value is -4.96. The Morgan fingerprint density at radius 1 is 0.434 bits per heavy atom. The maximum Gasteiger partial charge on any atom is 0.476 e. The second-order valence-corrected chi connectivity index (χ2v) is 25.7. The molecule has 0 radical (unpaired) electrons. The van der Waals surface area contributed by atoms with Crippen LogP contribution in [-0.4, -0.2) is 85.3 Å². The van der Waals surface area contributed by atoms with E-state index in [1.54, 1.807) is 55.0 Å². The highest BCUT2D eigenvalue weighted by molar-refractivity contribution is 7.48. The van der Waals surface area contributed by atoms with E-state index in [0.29, 0.717) is 50.5 Å². The number of amides is 3. The van der Waals surface area contributed by atoms with Gasteiger partial charge in [0.15, 0.2) is 14.5 Å². The van der Waals surface area contributed by atoms with Gasteiger partial charge in [0.1, 0.15) is 38.3 Å². The molecule has 6 atom stereocenters. The Morgan fingerprint density at radius 2 is 0.663 bits per heavy atom. The molecule has 0 aliphatic heterocycles. The predicted octanol–water partition coefficient (Wildman–Crippen LogP) is 11.2. The number of halogens is 9. The summed E-state index contributed by atoms with van der Waals surface area (Å²) in [5.41, 5.74) is 23.6. The number of nitrogens with zero attached hydrogens (tertiary/aromatic N) is 3. The molecule has 3 heterocycles. The zero-order valence-electron chi connectivity index (χ0n) is 44.0. The topological polar surface area (TPSA) is 249 Å². The SMILES string of the molecule is NC1(c2ccc(-c3ccc(C(OP(=O)(OC(c4ccc(-c5ccc(C6(N)CC6)nc5)cc4)C(CF)NC(=O)C(Cl)Cl)OC(c4ccc(-c5ccc(C6(N)CC6)nc5)cc4)C(CF)NC(=O)C(Cl)Cl)C(CF)NC(=O)C(Cl)Cl)cc3)cn2)CC1. The van der Waals surface area contributed by atoms with Crippen LogP contribution < -0.4 is 33.2 Å². The first-order valence-electron chi connectivity index (χ1n) is 26.2. The molecule has 0 bridgehead atoms. The van der Waals surface area contributed by atoms with Crippen LogP contribution >= 0.6 is 77.4 Å². The second kappa shape index (κ2) is 26.3. The van der Waals surface area contributed by atoms with E-state index in [1.165, 1.54) is 36.4 Å². The van der Waals surface area contributed by atoms with Crippen molar-refractivity contribution in [2.45, 2.75) is 106 Å². The lowest BCUT2D eigenvalue weighted by molar-refractivity contribution is -0.121. The molecule has 0 spiro atoms. The van der Waals surface area contributed by atoms with Crippen LogP contribution in [-0.2, 0) is 49.1 Å². The maximum atomic E-state index is 16.5. The largest absolute Gasteiger partial charge is 0.476 e. The van der Waals surface area contributed by atoms with Gasteiger partial charge in [0.2, 0.25) is 0 Å². The number of nitrogens with one attached hydrogen (secondary N) is 3. The van der Waals surface area contributed by atoms with Gasteiger partial charge in [-0.25, -0.2) is 17.7 Å². The summed E-state index contributed by atoms with van der Waals surface area (Å²) in [5.74, 6) is -3.29. The van der Waals surface area contributed by atoms with Crippen molar-refractivity contribution in [3.8, 4) is 33.4 Å². The average Bonchev–Trinajstić information content (AvgIpc) is 4.67. The van der Waals surface area contributed by atoms with Crippen molar-refractivity contribution < 1.29 is 45.7 Å². The third kappa shape index (κ3) is 15.2. The molecule has 9 N–H and O–H groups in total. The van der Waals surface area contributed by atoms with Gasteiger partial charge < -0.3 is 33.2 Å². The molecular formula is C57H57Cl6F3N9O7P. The predicted molar refractivity (Wildman–Crippen MR) is 314 cm³/mol. The van der Waals surface area contributed by atoms with Crippen molar-refractivity contribution in [3.63, 3.8) is 0 Å². The molecule has 9 rings (SSSR count). The van der Waals surface area contributed by atoms with Crippen molar-refractivity contribution >= 4 is 95.1 Å². The molecule has 3 aromatic heterocycles. The minimum atomic E-state index is -5.76. The summed E-state index contributed by atoms with van der Waals surface area (Å²) in [6.07, 6.45) is 3.89. The van der Waals surface area contributed by atoms with Crippen LogP contribution in [0.25, 0.3) is 33.4 Å². The van der Waals surface area contributed by atoms with E-state index in [0.717, 1.165) is 38.5 Å². The number of benzene rings is 3. The molecule has 3 aliphatic rings. The number of phosphoric acid groups is 1. The molecule has 3 amide bonds. The van der Waals surface area contributed by atoms with E-state index < -0.39 is 113 Å². The number of pyridine rings is 3. The summed E-state index contributed by atoms with van der Waals surface area (Å²) >= 11 is 35.9. The molecule has 3 aliphatic carbocycles. The van der Waals surface area contributed by atoms with E-state index in [4.69, 9.17) is 100 Å². The lowest BCUT2D eigenvalue weighted by Gasteiger charge is -2.36. The summed E-state index contributed by atoms with van der Waals surface area (Å²) in [6, 6.07) is 23.9. The number of alkyl halides is 9. The fourth-order valence-corrected chi connectivity index (χ4v) is 11.4. The van der Waals surface area contributed by atoms with Crippen LogP contribution in [0.2, 0.25) is 0 Å². The standard InChI is InChI=1S/C57H57Cl6F3N9O7P/c58-49(59)52(76)73-40(25-64)46(34-7-1-31(2-8-34)37-13-16-43(70-28-37)55(67)19-20-55)80-83(79,81-47(41(26-65)74-53(77)50(60)61)35-9-3-32(4-10-35)38-14-17-44(71-29-38)56(68)21-22-56)82-48(42(27-66)75-54(78)51(62)63)36-11-5-33(6-12-36)39-15-18-45(72-30-39)57(69)23-24-57/h1-18,28-30,40-42,46-51H,19-27,67-69H2,(H,73,76)(H,74,77)(H,75,78). The first-order chi connectivity index (χ1) is 39.6. The monoisotopic (exact) mass is 1280 g/mol. The summed E-state index contributed by atoms with van der Waals surface area (Å²) in [6.45, 7) is -4.34. The van der Waals surface area contributed by atoms with Crippen molar-refractivity contribution in [2.75, 3.05) is 20.0 Å². The Balaban J connectivity index is 1.16. The minimum absolute atomic E-state index is 0.0313. The van der Waals surface area contributed by atoms with E-state index in [-0.39, 0.29) is 16.7 Å². The zero-order chi connectivity index (χ0) is 59.4. The van der Waals surface area contributed by atoms with Gasteiger partial charge in [-0.1, -0.05) is 161 Å². The molecular weight excluding hydrogens is 1220 g/mol. The van der Waals surface area contributed by atoms with Crippen LogP contribution in [0.5, 0.6) is 0 Å². The first-order valence-corrected chi connectivity index (χ1v) is 30.3. The lowest BCUT2D eigenvalue weighted by Crippen LogP contribution is -2.46. The molecule has 26 heteroatoms. The van der Waals surface area contributed by atoms with E-state index in [1.807, 2.05) is 36.4 Å². The number of carbonyl (C=O) groups is 3. The Kier molecular flexibility index (Phi) is 19.9. The van der Waals surface area contributed by atoms with Crippen LogP contribution in [0.4, 0.5) is 13.2 Å². The van der Waals surface area contributed by atoms with Crippen molar-refractivity contribution in [2.24, 2.45) is 17.2 Å². The molecule has 6 aromatic rings. The Bertz CT molecular complexity index is 2940. The fourth-order valence-electron chi connectivity index (χ4n) is 9.26. The summed E-state index contributed by atoms with van der Waals surface area (Å²) in [4.78, 5) is 48.2. The summed E-state index contributed by atoms with van der Waals surface area (Å²) in [7, 11) is -5.76. The van der Waals surface area contributed by atoms with Crippen molar-refractivity contribution in [1.82, 2.24) is 30.9 Å². The Labute approximate surface area is 506 Å². The number of phosphoric ester groups is 1. The van der Waals surface area contributed by atoms with Crippen LogP contribution in [0, 0.1) is 0 Å². The Morgan fingerprint density at radius 3 is 0.843 bits per heavy atom. The lowest BCUT2D eigenvalue weighted by atomic mass is 9.99. The number of aromatic nitrogens is 3. The summed E-state index contributed by atoms with van der Waals surface area (Å²) in [5, 5.41) is 7.12. The second-order valence-electron chi connectivity index (χ2n) is 20.9. The number of nitrogens with two attached hydrogens (primary N) is 3. The summed E-state index contributed by atoms with van der Waals surface area (Å²) < 4.78 is 83.4. The van der Waals surface area contributed by atoms with Gasteiger partial charge in [0, 0.05) is 35.3 Å². The molecule has 3 aromatic carbocycles. The molecule has 16 nitrogen and oxygen atoms in total. The third-order valence-electron chi connectivity index (χ3n) is 14.8.